The summed E-state index contributed by atoms with van der Waals surface area (Å²) in [6.07, 6.45) is 0.670. The summed E-state index contributed by atoms with van der Waals surface area (Å²) in [4.78, 5) is 0. The molecule has 0 aliphatic heterocycles. The van der Waals surface area contributed by atoms with Gasteiger partial charge in [-0.05, 0) is 63.1 Å². The molecule has 2 rings (SSSR count). The predicted octanol–water partition coefficient (Wildman–Crippen LogP) is 2.44. The first-order chi connectivity index (χ1) is 8.52. The summed E-state index contributed by atoms with van der Waals surface area (Å²) in [5.74, 6) is -0.249. The van der Waals surface area contributed by atoms with Crippen molar-refractivity contribution in [2.45, 2.75) is 27.2 Å². The molecular weight excluding hydrogens is 229 g/mol. The molecule has 3 nitrogen and oxygen atoms in total. The number of hydrogen-bond donors (Lipinski definition) is 1. The Balaban J connectivity index is 2.52. The minimum atomic E-state index is -0.249. The molecule has 1 aromatic heterocycles. The van der Waals surface area contributed by atoms with Gasteiger partial charge in [-0.25, -0.2) is 9.07 Å². The summed E-state index contributed by atoms with van der Waals surface area (Å²) in [5.41, 5.74) is 10.3. The fraction of sp³-hybridized carbons (Fsp3) is 0.357. The van der Waals surface area contributed by atoms with Crippen LogP contribution in [0.5, 0.6) is 0 Å². The van der Waals surface area contributed by atoms with E-state index in [0.717, 1.165) is 28.2 Å². The van der Waals surface area contributed by atoms with Crippen molar-refractivity contribution >= 4 is 0 Å². The van der Waals surface area contributed by atoms with Crippen molar-refractivity contribution in [1.82, 2.24) is 9.78 Å². The molecule has 0 atom stereocenters. The van der Waals surface area contributed by atoms with Crippen LogP contribution in [-0.4, -0.2) is 16.3 Å². The summed E-state index contributed by atoms with van der Waals surface area (Å²) in [6, 6.07) is 4.96. The summed E-state index contributed by atoms with van der Waals surface area (Å²) in [7, 11) is 0. The van der Waals surface area contributed by atoms with Crippen LogP contribution in [0.3, 0.4) is 0 Å². The molecule has 0 saturated carbocycles. The molecule has 0 bridgehead atoms. The van der Waals surface area contributed by atoms with E-state index in [0.29, 0.717) is 13.0 Å². The number of rotatable bonds is 3. The zero-order valence-electron chi connectivity index (χ0n) is 11.0. The Hall–Kier alpha value is -1.68. The van der Waals surface area contributed by atoms with Crippen molar-refractivity contribution in [2.75, 3.05) is 6.54 Å². The fourth-order valence-corrected chi connectivity index (χ4v) is 2.04. The van der Waals surface area contributed by atoms with Gasteiger partial charge in [0.2, 0.25) is 0 Å². The molecule has 0 fully saturated rings. The van der Waals surface area contributed by atoms with E-state index >= 15 is 0 Å². The quantitative estimate of drug-likeness (QED) is 0.905. The van der Waals surface area contributed by atoms with E-state index in [1.165, 1.54) is 12.1 Å². The van der Waals surface area contributed by atoms with Gasteiger partial charge in [0.15, 0.2) is 0 Å². The largest absolute Gasteiger partial charge is 0.330 e. The molecule has 2 N–H and O–H groups in total. The predicted molar refractivity (Wildman–Crippen MR) is 70.5 cm³/mol. The van der Waals surface area contributed by atoms with E-state index in [4.69, 9.17) is 5.73 Å². The maximum atomic E-state index is 13.6. The Bertz CT molecular complexity index is 573. The van der Waals surface area contributed by atoms with Crippen molar-refractivity contribution in [3.63, 3.8) is 0 Å². The van der Waals surface area contributed by atoms with Gasteiger partial charge in [-0.15, -0.1) is 0 Å². The van der Waals surface area contributed by atoms with Crippen LogP contribution in [0.2, 0.25) is 0 Å². The summed E-state index contributed by atoms with van der Waals surface area (Å²) in [5, 5.41) is 4.44. The molecule has 4 heteroatoms. The average molecular weight is 247 g/mol. The molecule has 1 aromatic carbocycles. The smallest absolute Gasteiger partial charge is 0.125 e. The Kier molecular flexibility index (Phi) is 3.48. The van der Waals surface area contributed by atoms with Crippen molar-refractivity contribution in [3.8, 4) is 5.69 Å². The van der Waals surface area contributed by atoms with Crippen molar-refractivity contribution in [3.05, 3.63) is 46.5 Å². The summed E-state index contributed by atoms with van der Waals surface area (Å²) < 4.78 is 15.4. The molecule has 0 spiro atoms. The molecular formula is C14H18FN3. The third-order valence-electron chi connectivity index (χ3n) is 3.27. The van der Waals surface area contributed by atoms with Crippen molar-refractivity contribution < 1.29 is 4.39 Å². The van der Waals surface area contributed by atoms with Gasteiger partial charge >= 0.3 is 0 Å². The Morgan fingerprint density at radius 2 is 1.94 bits per heavy atom. The highest BCUT2D eigenvalue weighted by molar-refractivity contribution is 5.40. The molecule has 0 saturated heterocycles. The van der Waals surface area contributed by atoms with Gasteiger partial charge in [0, 0.05) is 5.69 Å². The first-order valence-electron chi connectivity index (χ1n) is 6.05. The minimum absolute atomic E-state index is 0.249. The lowest BCUT2D eigenvalue weighted by molar-refractivity contribution is 0.622. The second-order valence-corrected chi connectivity index (χ2v) is 4.56. The molecule has 0 radical (unpaired) electrons. The van der Waals surface area contributed by atoms with Crippen LogP contribution in [0, 0.1) is 26.6 Å². The Labute approximate surface area is 106 Å². The number of halogens is 1. The standard InChI is InChI=1S/C14H18FN3/c1-9-10(2)17-18(11(9)3)14-7-12(4-5-16)6-13(15)8-14/h6-8H,4-5,16H2,1-3H3. The molecule has 0 amide bonds. The maximum Gasteiger partial charge on any atom is 0.125 e. The van der Waals surface area contributed by atoms with E-state index in [-0.39, 0.29) is 5.82 Å². The van der Waals surface area contributed by atoms with Crippen LogP contribution >= 0.6 is 0 Å². The van der Waals surface area contributed by atoms with Gasteiger partial charge < -0.3 is 5.73 Å². The highest BCUT2D eigenvalue weighted by Gasteiger charge is 2.10. The number of aryl methyl sites for hydroxylation is 1. The molecule has 18 heavy (non-hydrogen) atoms. The number of nitrogens with two attached hydrogens (primary N) is 1. The second-order valence-electron chi connectivity index (χ2n) is 4.56. The Morgan fingerprint density at radius 1 is 1.22 bits per heavy atom. The van der Waals surface area contributed by atoms with Gasteiger partial charge in [0.1, 0.15) is 5.82 Å². The monoisotopic (exact) mass is 247 g/mol. The third-order valence-corrected chi connectivity index (χ3v) is 3.27. The number of aromatic nitrogens is 2. The van der Waals surface area contributed by atoms with E-state index in [1.807, 2.05) is 26.8 Å². The van der Waals surface area contributed by atoms with E-state index in [9.17, 15) is 4.39 Å². The lowest BCUT2D eigenvalue weighted by Crippen LogP contribution is -2.05. The highest BCUT2D eigenvalue weighted by atomic mass is 19.1. The van der Waals surface area contributed by atoms with Crippen LogP contribution in [0.4, 0.5) is 4.39 Å². The Morgan fingerprint density at radius 3 is 2.50 bits per heavy atom. The van der Waals surface area contributed by atoms with E-state index < -0.39 is 0 Å². The molecule has 0 unspecified atom stereocenters. The van der Waals surface area contributed by atoms with E-state index in [1.54, 1.807) is 4.68 Å². The normalized spacial score (nSPS) is 10.9. The van der Waals surface area contributed by atoms with Crippen molar-refractivity contribution in [2.24, 2.45) is 5.73 Å². The first kappa shape index (κ1) is 12.8. The first-order valence-corrected chi connectivity index (χ1v) is 6.05. The van der Waals surface area contributed by atoms with Crippen LogP contribution in [-0.2, 0) is 6.42 Å². The van der Waals surface area contributed by atoms with Crippen LogP contribution in [0.15, 0.2) is 18.2 Å². The SMILES string of the molecule is Cc1nn(-c2cc(F)cc(CCN)c2)c(C)c1C. The number of hydrogen-bond acceptors (Lipinski definition) is 2. The minimum Gasteiger partial charge on any atom is -0.330 e. The fourth-order valence-electron chi connectivity index (χ4n) is 2.04. The second kappa shape index (κ2) is 4.90. The molecule has 2 aromatic rings. The van der Waals surface area contributed by atoms with Gasteiger partial charge in [-0.2, -0.15) is 5.10 Å². The molecule has 1 heterocycles. The van der Waals surface area contributed by atoms with Crippen LogP contribution < -0.4 is 5.73 Å². The average Bonchev–Trinajstić information content (AvgIpc) is 2.57. The lowest BCUT2D eigenvalue weighted by atomic mass is 10.1. The van der Waals surface area contributed by atoms with Gasteiger partial charge in [-0.1, -0.05) is 0 Å². The number of benzene rings is 1. The van der Waals surface area contributed by atoms with Crippen LogP contribution in [0.25, 0.3) is 5.69 Å². The molecule has 0 aliphatic carbocycles. The lowest BCUT2D eigenvalue weighted by Gasteiger charge is -2.08. The van der Waals surface area contributed by atoms with E-state index in [2.05, 4.69) is 5.10 Å². The summed E-state index contributed by atoms with van der Waals surface area (Å²) in [6.45, 7) is 6.48. The highest BCUT2D eigenvalue weighted by Crippen LogP contribution is 2.19. The van der Waals surface area contributed by atoms with Gasteiger partial charge in [-0.3, -0.25) is 0 Å². The van der Waals surface area contributed by atoms with Gasteiger partial charge in [0.25, 0.3) is 0 Å². The van der Waals surface area contributed by atoms with Crippen molar-refractivity contribution in [1.29, 1.82) is 0 Å². The molecule has 96 valence electrons. The van der Waals surface area contributed by atoms with Crippen LogP contribution in [0.1, 0.15) is 22.5 Å². The van der Waals surface area contributed by atoms with Gasteiger partial charge in [0.05, 0.1) is 11.4 Å². The maximum absolute atomic E-state index is 13.6. The molecule has 0 aliphatic rings. The third kappa shape index (κ3) is 2.29. The summed E-state index contributed by atoms with van der Waals surface area (Å²) >= 11 is 0. The topological polar surface area (TPSA) is 43.8 Å². The zero-order valence-corrected chi connectivity index (χ0v) is 11.0. The zero-order chi connectivity index (χ0) is 13.3. The number of nitrogens with zero attached hydrogens (tertiary/aromatic N) is 2.